The zero-order chi connectivity index (χ0) is 23.0. The van der Waals surface area contributed by atoms with Gasteiger partial charge in [0.25, 0.3) is 0 Å². The third kappa shape index (κ3) is 4.55. The number of piperidine rings is 1. The lowest BCUT2D eigenvalue weighted by Gasteiger charge is -2.41. The van der Waals surface area contributed by atoms with Crippen molar-refractivity contribution >= 4 is 35.0 Å². The lowest BCUT2D eigenvalue weighted by atomic mass is 9.89. The molecule has 1 aromatic carbocycles. The van der Waals surface area contributed by atoms with E-state index >= 15 is 0 Å². The van der Waals surface area contributed by atoms with Crippen LogP contribution < -0.4 is 15.5 Å². The first-order valence-corrected chi connectivity index (χ1v) is 10.3. The largest absolute Gasteiger partial charge is 0.367 e. The van der Waals surface area contributed by atoms with Crippen LogP contribution in [0.25, 0.3) is 0 Å². The summed E-state index contributed by atoms with van der Waals surface area (Å²) in [6, 6.07) is 3.06. The molecule has 0 bridgehead atoms. The highest BCUT2D eigenvalue weighted by atomic mass is 35.5. The van der Waals surface area contributed by atoms with Crippen LogP contribution in [0.5, 0.6) is 0 Å². The minimum Gasteiger partial charge on any atom is -0.367 e. The first-order valence-electron chi connectivity index (χ1n) is 9.88. The van der Waals surface area contributed by atoms with E-state index in [1.54, 1.807) is 4.90 Å². The van der Waals surface area contributed by atoms with Gasteiger partial charge in [0.15, 0.2) is 0 Å². The van der Waals surface area contributed by atoms with Crippen molar-refractivity contribution in [3.8, 4) is 0 Å². The van der Waals surface area contributed by atoms with Crippen molar-refractivity contribution in [1.82, 2.24) is 15.6 Å². The monoisotopic (exact) mass is 466 g/mol. The third-order valence-corrected chi connectivity index (χ3v) is 5.68. The molecule has 3 heterocycles. The first-order chi connectivity index (χ1) is 15.2. The maximum atomic E-state index is 14.6. The molecule has 168 valence electrons. The number of rotatable bonds is 5. The summed E-state index contributed by atoms with van der Waals surface area (Å²) in [6.07, 6.45) is 1.04. The van der Waals surface area contributed by atoms with Gasteiger partial charge in [-0.1, -0.05) is 11.6 Å². The molecular weight excluding hydrogens is 449 g/mol. The number of aromatic nitrogens is 1. The van der Waals surface area contributed by atoms with Gasteiger partial charge in [0, 0.05) is 37.0 Å². The standard InChI is InChI=1S/C21H18ClF3N4O3/c22-10-3-14(23)17(26-7-10)6-19(31)27-11-8-29(9-11)12-4-15(24)20(16(25)5-12)13-1-2-18(30)28-21(13)32/h3-5,7,11,13H,1-2,6,8-9H2,(H,27,31)(H,28,30,32). The molecule has 2 aliphatic heterocycles. The van der Waals surface area contributed by atoms with Gasteiger partial charge in [0.2, 0.25) is 17.7 Å². The predicted octanol–water partition coefficient (Wildman–Crippen LogP) is 2.22. The fraction of sp³-hybridized carbons (Fsp3) is 0.333. The fourth-order valence-electron chi connectivity index (χ4n) is 3.84. The van der Waals surface area contributed by atoms with Crippen LogP contribution in [0.15, 0.2) is 24.4 Å². The van der Waals surface area contributed by atoms with Gasteiger partial charge >= 0.3 is 0 Å². The van der Waals surface area contributed by atoms with Crippen LogP contribution in [0.3, 0.4) is 0 Å². The Labute approximate surface area is 185 Å². The molecule has 3 amide bonds. The molecule has 0 spiro atoms. The van der Waals surface area contributed by atoms with Gasteiger partial charge in [-0.3, -0.25) is 24.7 Å². The summed E-state index contributed by atoms with van der Waals surface area (Å²) < 4.78 is 43.1. The van der Waals surface area contributed by atoms with Crippen molar-refractivity contribution in [3.05, 3.63) is 58.1 Å². The van der Waals surface area contributed by atoms with Crippen LogP contribution in [0, 0.1) is 17.5 Å². The van der Waals surface area contributed by atoms with Crippen LogP contribution in [-0.4, -0.2) is 41.8 Å². The lowest BCUT2D eigenvalue weighted by molar-refractivity contribution is -0.134. The number of imide groups is 1. The quantitative estimate of drug-likeness (QED) is 0.659. The minimum atomic E-state index is -1.06. The molecule has 2 aliphatic rings. The molecule has 2 saturated heterocycles. The highest BCUT2D eigenvalue weighted by molar-refractivity contribution is 6.30. The Morgan fingerprint density at radius 2 is 1.84 bits per heavy atom. The topological polar surface area (TPSA) is 91.4 Å². The molecule has 1 unspecified atom stereocenters. The molecule has 7 nitrogen and oxygen atoms in total. The summed E-state index contributed by atoms with van der Waals surface area (Å²) in [7, 11) is 0. The van der Waals surface area contributed by atoms with E-state index in [-0.39, 0.29) is 47.3 Å². The van der Waals surface area contributed by atoms with Crippen LogP contribution >= 0.6 is 11.6 Å². The summed E-state index contributed by atoms with van der Waals surface area (Å²) in [4.78, 5) is 40.8. The number of nitrogens with zero attached hydrogens (tertiary/aromatic N) is 2. The van der Waals surface area contributed by atoms with Crippen molar-refractivity contribution in [3.63, 3.8) is 0 Å². The van der Waals surface area contributed by atoms with E-state index in [9.17, 15) is 27.6 Å². The molecule has 32 heavy (non-hydrogen) atoms. The van der Waals surface area contributed by atoms with Crippen molar-refractivity contribution in [2.75, 3.05) is 18.0 Å². The summed E-state index contributed by atoms with van der Waals surface area (Å²) in [6.45, 7) is 0.609. The van der Waals surface area contributed by atoms with Crippen molar-refractivity contribution in [1.29, 1.82) is 0 Å². The van der Waals surface area contributed by atoms with Crippen LogP contribution in [0.1, 0.15) is 30.0 Å². The zero-order valence-corrected chi connectivity index (χ0v) is 17.4. The molecule has 0 saturated carbocycles. The van der Waals surface area contributed by atoms with Crippen molar-refractivity contribution in [2.45, 2.75) is 31.2 Å². The highest BCUT2D eigenvalue weighted by Gasteiger charge is 2.34. The van der Waals surface area contributed by atoms with Crippen LogP contribution in [0.2, 0.25) is 5.02 Å². The minimum absolute atomic E-state index is 0.0139. The first kappa shape index (κ1) is 22.1. The number of carbonyl (C=O) groups excluding carboxylic acids is 3. The molecular formula is C21H18ClF3N4O3. The Kier molecular flexibility index (Phi) is 6.05. The summed E-state index contributed by atoms with van der Waals surface area (Å²) >= 11 is 5.64. The molecule has 2 fully saturated rings. The van der Waals surface area contributed by atoms with E-state index < -0.39 is 41.1 Å². The molecule has 0 radical (unpaired) electrons. The number of pyridine rings is 1. The summed E-state index contributed by atoms with van der Waals surface area (Å²) in [5.41, 5.74) is -0.121. The van der Waals surface area contributed by atoms with Gasteiger partial charge in [0.1, 0.15) is 17.5 Å². The normalized spacial score (nSPS) is 18.9. The number of hydrogen-bond acceptors (Lipinski definition) is 5. The Hall–Kier alpha value is -3.14. The predicted molar refractivity (Wildman–Crippen MR) is 109 cm³/mol. The number of hydrogen-bond donors (Lipinski definition) is 2. The third-order valence-electron chi connectivity index (χ3n) is 5.48. The Morgan fingerprint density at radius 1 is 1.16 bits per heavy atom. The van der Waals surface area contributed by atoms with Gasteiger partial charge < -0.3 is 10.2 Å². The maximum Gasteiger partial charge on any atom is 0.234 e. The number of benzene rings is 1. The second-order valence-corrected chi connectivity index (χ2v) is 8.19. The van der Waals surface area contributed by atoms with Gasteiger partial charge in [-0.25, -0.2) is 13.2 Å². The number of anilines is 1. The summed E-state index contributed by atoms with van der Waals surface area (Å²) in [5.74, 6) is -5.10. The SMILES string of the molecule is O=C1CCC(c2c(F)cc(N3CC(NC(=O)Cc4ncc(Cl)cc4F)C3)cc2F)C(=O)N1. The average molecular weight is 467 g/mol. The van der Waals surface area contributed by atoms with Gasteiger partial charge in [-0.15, -0.1) is 0 Å². The Balaban J connectivity index is 1.36. The number of nitrogens with one attached hydrogen (secondary N) is 2. The molecule has 1 aromatic heterocycles. The maximum absolute atomic E-state index is 14.6. The second-order valence-electron chi connectivity index (χ2n) is 7.76. The Morgan fingerprint density at radius 3 is 2.47 bits per heavy atom. The van der Waals surface area contributed by atoms with Crippen LogP contribution in [0.4, 0.5) is 18.9 Å². The van der Waals surface area contributed by atoms with E-state index in [0.717, 1.165) is 18.2 Å². The molecule has 1 atom stereocenters. The molecule has 2 N–H and O–H groups in total. The average Bonchev–Trinajstić information content (AvgIpc) is 2.67. The van der Waals surface area contributed by atoms with E-state index in [1.165, 1.54) is 6.20 Å². The molecule has 2 aromatic rings. The fourth-order valence-corrected chi connectivity index (χ4v) is 3.98. The molecule has 11 heteroatoms. The van der Waals surface area contributed by atoms with E-state index in [0.29, 0.717) is 13.1 Å². The number of halogens is 4. The number of amides is 3. The smallest absolute Gasteiger partial charge is 0.234 e. The lowest BCUT2D eigenvalue weighted by Crippen LogP contribution is -2.59. The van der Waals surface area contributed by atoms with Crippen molar-refractivity contribution in [2.24, 2.45) is 0 Å². The Bertz CT molecular complexity index is 1080. The van der Waals surface area contributed by atoms with Crippen molar-refractivity contribution < 1.29 is 27.6 Å². The zero-order valence-electron chi connectivity index (χ0n) is 16.6. The van der Waals surface area contributed by atoms with Crippen LogP contribution in [-0.2, 0) is 20.8 Å². The van der Waals surface area contributed by atoms with Gasteiger partial charge in [0.05, 0.1) is 29.1 Å². The molecule has 4 rings (SSSR count). The highest BCUT2D eigenvalue weighted by Crippen LogP contribution is 2.33. The van der Waals surface area contributed by atoms with E-state index in [1.807, 2.05) is 0 Å². The van der Waals surface area contributed by atoms with E-state index in [2.05, 4.69) is 15.6 Å². The number of carbonyl (C=O) groups is 3. The summed E-state index contributed by atoms with van der Waals surface area (Å²) in [5, 5.41) is 4.94. The second kappa shape index (κ2) is 8.78. The molecule has 0 aliphatic carbocycles. The van der Waals surface area contributed by atoms with Gasteiger partial charge in [-0.05, 0) is 24.6 Å². The van der Waals surface area contributed by atoms with E-state index in [4.69, 9.17) is 11.6 Å². The van der Waals surface area contributed by atoms with Gasteiger partial charge in [-0.2, -0.15) is 0 Å².